The summed E-state index contributed by atoms with van der Waals surface area (Å²) in [6.45, 7) is 1.84. The lowest BCUT2D eigenvalue weighted by molar-refractivity contribution is -0.384. The predicted molar refractivity (Wildman–Crippen MR) is 111 cm³/mol. The second-order valence-electron chi connectivity index (χ2n) is 6.31. The highest BCUT2D eigenvalue weighted by Gasteiger charge is 2.18. The van der Waals surface area contributed by atoms with Gasteiger partial charge in [0.25, 0.3) is 11.6 Å². The monoisotopic (exact) mass is 431 g/mol. The van der Waals surface area contributed by atoms with E-state index in [1.54, 1.807) is 36.4 Å². The van der Waals surface area contributed by atoms with Gasteiger partial charge in [-0.25, -0.2) is 0 Å². The smallest absolute Gasteiger partial charge is 0.269 e. The van der Waals surface area contributed by atoms with E-state index in [0.717, 1.165) is 5.56 Å². The Kier molecular flexibility index (Phi) is 6.50. The van der Waals surface area contributed by atoms with Crippen LogP contribution >= 0.6 is 23.4 Å². The van der Waals surface area contributed by atoms with E-state index in [-0.39, 0.29) is 17.6 Å². The van der Waals surface area contributed by atoms with Gasteiger partial charge < -0.3 is 9.88 Å². The molecule has 150 valence electrons. The largest absolute Gasteiger partial charge is 0.342 e. The lowest BCUT2D eigenvalue weighted by Crippen LogP contribution is -2.28. The van der Waals surface area contributed by atoms with E-state index in [4.69, 9.17) is 11.6 Å². The zero-order valence-electron chi connectivity index (χ0n) is 15.7. The molecule has 29 heavy (non-hydrogen) atoms. The van der Waals surface area contributed by atoms with Crippen molar-refractivity contribution in [2.24, 2.45) is 7.05 Å². The van der Waals surface area contributed by atoms with Crippen LogP contribution in [0.3, 0.4) is 0 Å². The summed E-state index contributed by atoms with van der Waals surface area (Å²) < 4.78 is 1.82. The highest BCUT2D eigenvalue weighted by molar-refractivity contribution is 7.98. The number of nitrogens with one attached hydrogen (secondary N) is 1. The summed E-state index contributed by atoms with van der Waals surface area (Å²) in [4.78, 5) is 22.7. The zero-order chi connectivity index (χ0) is 21.0. The number of thioether (sulfide) groups is 1. The van der Waals surface area contributed by atoms with Gasteiger partial charge in [0.05, 0.1) is 11.0 Å². The van der Waals surface area contributed by atoms with E-state index in [1.165, 1.54) is 23.9 Å². The molecule has 0 fully saturated rings. The quantitative estimate of drug-likeness (QED) is 0.342. The van der Waals surface area contributed by atoms with Crippen molar-refractivity contribution in [1.82, 2.24) is 20.1 Å². The minimum atomic E-state index is -0.425. The van der Waals surface area contributed by atoms with Gasteiger partial charge in [-0.3, -0.25) is 14.9 Å². The molecule has 0 aliphatic heterocycles. The number of nitrogens with zero attached hydrogens (tertiary/aromatic N) is 4. The number of carbonyl (C=O) groups excluding carboxylic acids is 1. The Morgan fingerprint density at radius 3 is 2.48 bits per heavy atom. The Labute approximate surface area is 176 Å². The maximum Gasteiger partial charge on any atom is 0.269 e. The second kappa shape index (κ2) is 9.06. The van der Waals surface area contributed by atoms with E-state index in [0.29, 0.717) is 27.3 Å². The molecule has 0 aliphatic rings. The number of benzene rings is 2. The summed E-state index contributed by atoms with van der Waals surface area (Å²) in [6.07, 6.45) is 0. The minimum Gasteiger partial charge on any atom is -0.342 e. The summed E-state index contributed by atoms with van der Waals surface area (Å²) in [5, 5.41) is 23.3. The molecule has 1 amide bonds. The molecule has 8 nitrogen and oxygen atoms in total. The van der Waals surface area contributed by atoms with Crippen LogP contribution in [0, 0.1) is 10.1 Å². The number of nitro benzene ring substituents is 1. The van der Waals surface area contributed by atoms with Gasteiger partial charge in [-0.15, -0.1) is 10.2 Å². The lowest BCUT2D eigenvalue weighted by atomic mass is 10.2. The summed E-state index contributed by atoms with van der Waals surface area (Å²) in [6, 6.07) is 12.7. The molecule has 2 aromatic carbocycles. The first-order valence-corrected chi connectivity index (χ1v) is 10.0. The summed E-state index contributed by atoms with van der Waals surface area (Å²) in [5.41, 5.74) is 1.51. The van der Waals surface area contributed by atoms with Crippen LogP contribution in [0.4, 0.5) is 5.69 Å². The van der Waals surface area contributed by atoms with Gasteiger partial charge in [-0.05, 0) is 36.8 Å². The Hall–Kier alpha value is -2.91. The first-order chi connectivity index (χ1) is 13.8. The van der Waals surface area contributed by atoms with Gasteiger partial charge in [0.15, 0.2) is 11.0 Å². The highest BCUT2D eigenvalue weighted by Crippen LogP contribution is 2.24. The summed E-state index contributed by atoms with van der Waals surface area (Å²) >= 11 is 7.31. The molecule has 0 aliphatic carbocycles. The van der Waals surface area contributed by atoms with Crippen molar-refractivity contribution < 1.29 is 9.72 Å². The molecule has 0 unspecified atom stereocenters. The van der Waals surface area contributed by atoms with Crippen LogP contribution in [0.15, 0.2) is 53.7 Å². The zero-order valence-corrected chi connectivity index (χ0v) is 17.3. The van der Waals surface area contributed by atoms with Crippen molar-refractivity contribution in [2.45, 2.75) is 23.9 Å². The average Bonchev–Trinajstić information content (AvgIpc) is 3.07. The normalized spacial score (nSPS) is 11.8. The molecule has 10 heteroatoms. The van der Waals surface area contributed by atoms with Gasteiger partial charge in [-0.2, -0.15) is 0 Å². The predicted octanol–water partition coefficient (Wildman–Crippen LogP) is 4.16. The fourth-order valence-electron chi connectivity index (χ4n) is 2.64. The average molecular weight is 432 g/mol. The van der Waals surface area contributed by atoms with Crippen molar-refractivity contribution in [3.63, 3.8) is 0 Å². The number of hydrogen-bond donors (Lipinski definition) is 1. The Morgan fingerprint density at radius 1 is 1.21 bits per heavy atom. The molecule has 0 bridgehead atoms. The number of carbonyl (C=O) groups is 1. The molecule has 1 N–H and O–H groups in total. The molecule has 1 aromatic heterocycles. The van der Waals surface area contributed by atoms with Crippen LogP contribution in [0.2, 0.25) is 5.02 Å². The van der Waals surface area contributed by atoms with Crippen LogP contribution in [-0.4, -0.2) is 25.6 Å². The van der Waals surface area contributed by atoms with E-state index >= 15 is 0 Å². The van der Waals surface area contributed by atoms with Crippen molar-refractivity contribution in [3.05, 3.63) is 80.6 Å². The fourth-order valence-corrected chi connectivity index (χ4v) is 3.64. The number of hydrogen-bond acceptors (Lipinski definition) is 6. The molecule has 3 rings (SSSR count). The van der Waals surface area contributed by atoms with E-state index < -0.39 is 4.92 Å². The van der Waals surface area contributed by atoms with Crippen molar-refractivity contribution in [2.75, 3.05) is 0 Å². The van der Waals surface area contributed by atoms with Crippen LogP contribution in [0.25, 0.3) is 0 Å². The molecule has 1 heterocycles. The number of nitro groups is 1. The minimum absolute atomic E-state index is 0.0601. The van der Waals surface area contributed by atoms with Crippen molar-refractivity contribution in [1.29, 1.82) is 0 Å². The maximum atomic E-state index is 12.4. The van der Waals surface area contributed by atoms with Gasteiger partial charge in [-0.1, -0.05) is 35.5 Å². The van der Waals surface area contributed by atoms with Gasteiger partial charge >= 0.3 is 0 Å². The third-order valence-corrected chi connectivity index (χ3v) is 5.57. The molecule has 0 saturated heterocycles. The molecular weight excluding hydrogens is 414 g/mol. The lowest BCUT2D eigenvalue weighted by Gasteiger charge is -2.13. The number of non-ortho nitro benzene ring substituents is 1. The van der Waals surface area contributed by atoms with Crippen molar-refractivity contribution >= 4 is 35.0 Å². The van der Waals surface area contributed by atoms with E-state index in [1.807, 2.05) is 18.5 Å². The van der Waals surface area contributed by atoms with Crippen molar-refractivity contribution in [3.8, 4) is 0 Å². The highest BCUT2D eigenvalue weighted by atomic mass is 35.5. The molecule has 0 spiro atoms. The number of rotatable bonds is 7. The van der Waals surface area contributed by atoms with Gasteiger partial charge in [0, 0.05) is 35.5 Å². The molecule has 3 aromatic rings. The molecule has 0 radical (unpaired) electrons. The fraction of sp³-hybridized carbons (Fsp3) is 0.211. The number of aromatic nitrogens is 3. The van der Waals surface area contributed by atoms with E-state index in [9.17, 15) is 14.9 Å². The molecular formula is C19H18ClN5O3S. The van der Waals surface area contributed by atoms with E-state index in [2.05, 4.69) is 15.5 Å². The van der Waals surface area contributed by atoms with Crippen LogP contribution in [0.1, 0.15) is 34.7 Å². The Bertz CT molecular complexity index is 1020. The topological polar surface area (TPSA) is 103 Å². The third kappa shape index (κ3) is 5.12. The number of amides is 1. The van der Waals surface area contributed by atoms with Gasteiger partial charge in [0.2, 0.25) is 0 Å². The molecule has 0 saturated carbocycles. The first-order valence-electron chi connectivity index (χ1n) is 8.67. The second-order valence-corrected chi connectivity index (χ2v) is 7.69. The standard InChI is InChI=1S/C19H18ClN5O3S/c1-12(21-18(26)14-5-7-15(20)8-6-14)17-22-23-19(24(17)2)29-11-13-3-9-16(10-4-13)25(27)28/h3-10,12H,11H2,1-2H3,(H,21,26)/t12-/m1/s1. The number of halogens is 1. The summed E-state index contributed by atoms with van der Waals surface area (Å²) in [5.74, 6) is 0.992. The summed E-state index contributed by atoms with van der Waals surface area (Å²) in [7, 11) is 1.83. The van der Waals surface area contributed by atoms with Gasteiger partial charge in [0.1, 0.15) is 0 Å². The Balaban J connectivity index is 1.62. The maximum absolute atomic E-state index is 12.4. The Morgan fingerprint density at radius 2 is 1.86 bits per heavy atom. The van der Waals surface area contributed by atoms with Crippen LogP contribution in [0.5, 0.6) is 0 Å². The first kappa shape index (κ1) is 20.8. The molecule has 1 atom stereocenters. The third-order valence-electron chi connectivity index (χ3n) is 4.22. The SMILES string of the molecule is C[C@@H](NC(=O)c1ccc(Cl)cc1)c1nnc(SCc2ccc([N+](=O)[O-])cc2)n1C. The van der Waals surface area contributed by atoms with Crippen LogP contribution < -0.4 is 5.32 Å². The van der Waals surface area contributed by atoms with Crippen LogP contribution in [-0.2, 0) is 12.8 Å².